The molecule has 0 bridgehead atoms. The maximum atomic E-state index is 12.7. The lowest BCUT2D eigenvalue weighted by atomic mass is 9.99. The monoisotopic (exact) mass is 440 g/mol. The van der Waals surface area contributed by atoms with E-state index in [1.54, 1.807) is 23.1 Å². The molecule has 2 amide bonds. The van der Waals surface area contributed by atoms with Gasteiger partial charge in [0.2, 0.25) is 5.91 Å². The van der Waals surface area contributed by atoms with Crippen LogP contribution in [0.3, 0.4) is 0 Å². The van der Waals surface area contributed by atoms with E-state index in [0.717, 1.165) is 12.0 Å². The summed E-state index contributed by atoms with van der Waals surface area (Å²) in [4.78, 5) is 28.9. The molecule has 3 aliphatic rings. The van der Waals surface area contributed by atoms with Crippen LogP contribution in [0.1, 0.15) is 30.0 Å². The van der Waals surface area contributed by atoms with Crippen molar-refractivity contribution in [2.24, 2.45) is 0 Å². The standard InChI is InChI=1S/C23H24N2O5S/c26-21(15-31(28,29)18-7-2-1-3-8-18)24-12-10-17(11-13-24)25-22-19-9-5-4-6-16(19)14-20(22)30-23(25)27/h1-9,17,20,22H,10-15H2. The summed E-state index contributed by atoms with van der Waals surface area (Å²) in [5, 5.41) is 0. The Morgan fingerprint density at radius 2 is 1.68 bits per heavy atom. The summed E-state index contributed by atoms with van der Waals surface area (Å²) < 4.78 is 30.7. The SMILES string of the molecule is O=C(CS(=O)(=O)c1ccccc1)N1CCC(N2C(=O)OC3Cc4ccccc4C32)CC1. The van der Waals surface area contributed by atoms with Gasteiger partial charge in [-0.2, -0.15) is 0 Å². The molecule has 162 valence electrons. The molecule has 2 unspecified atom stereocenters. The number of likely N-dealkylation sites (tertiary alicyclic amines) is 1. The number of ether oxygens (including phenoxy) is 1. The number of benzene rings is 2. The van der Waals surface area contributed by atoms with Crippen molar-refractivity contribution in [2.45, 2.75) is 42.3 Å². The number of piperidine rings is 1. The third-order valence-corrected chi connectivity index (χ3v) is 8.15. The lowest BCUT2D eigenvalue weighted by Gasteiger charge is -2.37. The van der Waals surface area contributed by atoms with Gasteiger partial charge in [0, 0.05) is 25.6 Å². The number of carbonyl (C=O) groups is 2. The van der Waals surface area contributed by atoms with Gasteiger partial charge < -0.3 is 9.64 Å². The van der Waals surface area contributed by atoms with E-state index >= 15 is 0 Å². The normalized spacial score (nSPS) is 23.4. The van der Waals surface area contributed by atoms with Gasteiger partial charge in [-0.3, -0.25) is 9.69 Å². The molecule has 2 atom stereocenters. The smallest absolute Gasteiger partial charge is 0.411 e. The first-order valence-electron chi connectivity index (χ1n) is 10.6. The number of sulfone groups is 1. The van der Waals surface area contributed by atoms with Gasteiger partial charge in [-0.25, -0.2) is 13.2 Å². The lowest BCUT2D eigenvalue weighted by Crippen LogP contribution is -2.48. The molecule has 0 radical (unpaired) electrons. The highest BCUT2D eigenvalue weighted by Gasteiger charge is 2.50. The van der Waals surface area contributed by atoms with E-state index in [1.165, 1.54) is 17.7 Å². The van der Waals surface area contributed by atoms with Crippen LogP contribution in [0.2, 0.25) is 0 Å². The van der Waals surface area contributed by atoms with Gasteiger partial charge in [0.05, 0.1) is 10.9 Å². The second kappa shape index (κ2) is 7.67. The highest BCUT2D eigenvalue weighted by Crippen LogP contribution is 2.44. The van der Waals surface area contributed by atoms with Gasteiger partial charge in [0.15, 0.2) is 9.84 Å². The molecule has 2 aromatic carbocycles. The lowest BCUT2D eigenvalue weighted by molar-refractivity contribution is -0.129. The number of nitrogens with zero attached hydrogens (tertiary/aromatic N) is 2. The maximum absolute atomic E-state index is 12.7. The third-order valence-electron chi connectivity index (χ3n) is 6.54. The second-order valence-corrected chi connectivity index (χ2v) is 10.4. The Morgan fingerprint density at radius 1 is 1.00 bits per heavy atom. The summed E-state index contributed by atoms with van der Waals surface area (Å²) in [6.45, 7) is 0.854. The Balaban J connectivity index is 1.25. The minimum atomic E-state index is -3.67. The number of hydrogen-bond donors (Lipinski definition) is 0. The Morgan fingerprint density at radius 3 is 2.42 bits per heavy atom. The highest BCUT2D eigenvalue weighted by atomic mass is 32.2. The quantitative estimate of drug-likeness (QED) is 0.730. The summed E-state index contributed by atoms with van der Waals surface area (Å²) in [6, 6.07) is 16.1. The zero-order valence-electron chi connectivity index (χ0n) is 17.0. The molecule has 1 aliphatic carbocycles. The van der Waals surface area contributed by atoms with Gasteiger partial charge in [-0.15, -0.1) is 0 Å². The van der Waals surface area contributed by atoms with E-state index < -0.39 is 21.5 Å². The Hall–Kier alpha value is -2.87. The molecular formula is C23H24N2O5S. The van der Waals surface area contributed by atoms with E-state index in [4.69, 9.17) is 4.74 Å². The molecular weight excluding hydrogens is 416 g/mol. The zero-order valence-corrected chi connectivity index (χ0v) is 17.8. The molecule has 7 nitrogen and oxygen atoms in total. The van der Waals surface area contributed by atoms with Crippen LogP contribution in [0, 0.1) is 0 Å². The average Bonchev–Trinajstić information content (AvgIpc) is 3.28. The van der Waals surface area contributed by atoms with Gasteiger partial charge in [-0.05, 0) is 36.1 Å². The van der Waals surface area contributed by atoms with Crippen molar-refractivity contribution in [1.82, 2.24) is 9.80 Å². The van der Waals surface area contributed by atoms with Gasteiger partial charge in [0.25, 0.3) is 0 Å². The Kier molecular flexibility index (Phi) is 4.97. The number of carbonyl (C=O) groups excluding carboxylic acids is 2. The first kappa shape index (κ1) is 20.1. The van der Waals surface area contributed by atoms with Gasteiger partial charge in [-0.1, -0.05) is 42.5 Å². The van der Waals surface area contributed by atoms with Crippen molar-refractivity contribution in [3.63, 3.8) is 0 Å². The van der Waals surface area contributed by atoms with Gasteiger partial charge >= 0.3 is 6.09 Å². The third kappa shape index (κ3) is 3.59. The fraction of sp³-hybridized carbons (Fsp3) is 0.391. The minimum absolute atomic E-state index is 0.0246. The summed E-state index contributed by atoms with van der Waals surface area (Å²) >= 11 is 0. The van der Waals surface area contributed by atoms with E-state index in [9.17, 15) is 18.0 Å². The highest BCUT2D eigenvalue weighted by molar-refractivity contribution is 7.92. The zero-order chi connectivity index (χ0) is 21.6. The van der Waals surface area contributed by atoms with E-state index in [-0.39, 0.29) is 29.2 Å². The molecule has 2 heterocycles. The molecule has 2 fully saturated rings. The van der Waals surface area contributed by atoms with Crippen LogP contribution in [0.5, 0.6) is 0 Å². The van der Waals surface area contributed by atoms with E-state index in [1.807, 2.05) is 17.0 Å². The molecule has 0 N–H and O–H groups in total. The fourth-order valence-corrected chi connectivity index (χ4v) is 6.26. The van der Waals surface area contributed by atoms with Crippen molar-refractivity contribution < 1.29 is 22.7 Å². The Labute approximate surface area is 181 Å². The molecule has 0 spiro atoms. The van der Waals surface area contributed by atoms with Crippen LogP contribution in [0.25, 0.3) is 0 Å². The number of rotatable bonds is 4. The molecule has 31 heavy (non-hydrogen) atoms. The maximum Gasteiger partial charge on any atom is 0.411 e. The predicted octanol–water partition coefficient (Wildman–Crippen LogP) is 2.57. The summed E-state index contributed by atoms with van der Waals surface area (Å²) in [5.41, 5.74) is 2.36. The van der Waals surface area contributed by atoms with Crippen molar-refractivity contribution in [3.05, 3.63) is 65.7 Å². The number of hydrogen-bond acceptors (Lipinski definition) is 5. The average molecular weight is 441 g/mol. The van der Waals surface area contributed by atoms with E-state index in [2.05, 4.69) is 12.1 Å². The van der Waals surface area contributed by atoms with Crippen LogP contribution in [0.15, 0.2) is 59.5 Å². The summed E-state index contributed by atoms with van der Waals surface area (Å²) in [6.07, 6.45) is 1.51. The molecule has 8 heteroatoms. The fourth-order valence-electron chi connectivity index (χ4n) is 5.01. The Bertz CT molecular complexity index is 1110. The van der Waals surface area contributed by atoms with Crippen molar-refractivity contribution in [3.8, 4) is 0 Å². The molecule has 2 saturated heterocycles. The van der Waals surface area contributed by atoms with Crippen molar-refractivity contribution in [1.29, 1.82) is 0 Å². The largest absolute Gasteiger partial charge is 0.443 e. The van der Waals surface area contributed by atoms with Crippen LogP contribution < -0.4 is 0 Å². The van der Waals surface area contributed by atoms with E-state index in [0.29, 0.717) is 25.9 Å². The summed E-state index contributed by atoms with van der Waals surface area (Å²) in [5.74, 6) is -0.929. The number of amides is 2. The minimum Gasteiger partial charge on any atom is -0.443 e. The topological polar surface area (TPSA) is 84.0 Å². The molecule has 2 aromatic rings. The molecule has 0 aromatic heterocycles. The van der Waals surface area contributed by atoms with Crippen molar-refractivity contribution >= 4 is 21.8 Å². The first-order valence-corrected chi connectivity index (χ1v) is 12.2. The molecule has 0 saturated carbocycles. The van der Waals surface area contributed by atoms with Crippen LogP contribution in [0.4, 0.5) is 4.79 Å². The second-order valence-electron chi connectivity index (χ2n) is 8.36. The van der Waals surface area contributed by atoms with Crippen LogP contribution in [-0.2, 0) is 25.8 Å². The van der Waals surface area contributed by atoms with Crippen molar-refractivity contribution in [2.75, 3.05) is 18.8 Å². The summed E-state index contributed by atoms with van der Waals surface area (Å²) in [7, 11) is -3.67. The molecule has 5 rings (SSSR count). The predicted molar refractivity (Wildman–Crippen MR) is 113 cm³/mol. The molecule has 2 aliphatic heterocycles. The van der Waals surface area contributed by atoms with Gasteiger partial charge in [0.1, 0.15) is 11.9 Å². The van der Waals surface area contributed by atoms with Crippen LogP contribution in [-0.4, -0.2) is 61.2 Å². The number of fused-ring (bicyclic) bond motifs is 3. The first-order chi connectivity index (χ1) is 14.9. The van der Waals surface area contributed by atoms with Crippen LogP contribution >= 0.6 is 0 Å².